The Balaban J connectivity index is 1.44. The predicted molar refractivity (Wildman–Crippen MR) is 159 cm³/mol. The number of methoxy groups -OCH3 is 1. The van der Waals surface area contributed by atoms with Crippen LogP contribution in [0.25, 0.3) is 0 Å². The maximum Gasteiger partial charge on any atom is 0.331 e. The van der Waals surface area contributed by atoms with Crippen LogP contribution in [0.5, 0.6) is 5.75 Å². The van der Waals surface area contributed by atoms with E-state index in [1.54, 1.807) is 26.3 Å². The normalized spacial score (nSPS) is 30.2. The Hall–Kier alpha value is -2.75. The first-order chi connectivity index (χ1) is 19.7. The van der Waals surface area contributed by atoms with Gasteiger partial charge in [0.15, 0.2) is 0 Å². The van der Waals surface area contributed by atoms with Gasteiger partial charge in [0.05, 0.1) is 23.3 Å². The highest BCUT2D eigenvalue weighted by Crippen LogP contribution is 2.47. The van der Waals surface area contributed by atoms with Gasteiger partial charge in [0.1, 0.15) is 5.75 Å². The van der Waals surface area contributed by atoms with Crippen LogP contribution in [0.3, 0.4) is 0 Å². The molecule has 1 N–H and O–H groups in total. The molecule has 2 bridgehead atoms. The lowest BCUT2D eigenvalue weighted by atomic mass is 9.68. The first-order valence-electron chi connectivity index (χ1n) is 14.5. The molecule has 2 aliphatic carbocycles. The summed E-state index contributed by atoms with van der Waals surface area (Å²) in [5, 5.41) is 0.738. The van der Waals surface area contributed by atoms with Crippen molar-refractivity contribution in [2.45, 2.75) is 54.9 Å². The highest BCUT2D eigenvalue weighted by atomic mass is 35.5. The van der Waals surface area contributed by atoms with Crippen molar-refractivity contribution in [3.8, 4) is 5.75 Å². The SMILES string of the molecule is CO[C@@H]1/C=C/CCN(C)C(=O)NS(=O)(=O)c2ccc3c(c2)N(C[C@@H]2CC[C@H]21)C[C@@]1(CCCc2cc(Cl)ccc21)CO3. The van der Waals surface area contributed by atoms with Gasteiger partial charge in [-0.25, -0.2) is 17.9 Å². The second-order valence-corrected chi connectivity index (χ2v) is 14.1. The number of benzene rings is 2. The Morgan fingerprint density at radius 3 is 2.80 bits per heavy atom. The molecule has 1 fully saturated rings. The van der Waals surface area contributed by atoms with Crippen LogP contribution >= 0.6 is 11.6 Å². The van der Waals surface area contributed by atoms with Crippen molar-refractivity contribution in [2.24, 2.45) is 11.8 Å². The lowest BCUT2D eigenvalue weighted by Crippen LogP contribution is -2.49. The van der Waals surface area contributed by atoms with Gasteiger partial charge in [0.25, 0.3) is 10.0 Å². The summed E-state index contributed by atoms with van der Waals surface area (Å²) in [5.74, 6) is 1.40. The minimum atomic E-state index is -4.09. The van der Waals surface area contributed by atoms with E-state index in [0.717, 1.165) is 49.4 Å². The Kier molecular flexibility index (Phi) is 7.72. The van der Waals surface area contributed by atoms with E-state index in [2.05, 4.69) is 27.8 Å². The average molecular weight is 600 g/mol. The Morgan fingerprint density at radius 2 is 2.02 bits per heavy atom. The molecule has 4 atom stereocenters. The van der Waals surface area contributed by atoms with Crippen LogP contribution in [0.4, 0.5) is 10.5 Å². The van der Waals surface area contributed by atoms with Crippen LogP contribution in [0.2, 0.25) is 5.02 Å². The molecule has 1 spiro atoms. The zero-order valence-electron chi connectivity index (χ0n) is 23.6. The summed E-state index contributed by atoms with van der Waals surface area (Å²) < 4.78 is 41.4. The van der Waals surface area contributed by atoms with E-state index in [0.29, 0.717) is 43.7 Å². The van der Waals surface area contributed by atoms with E-state index in [4.69, 9.17) is 21.1 Å². The van der Waals surface area contributed by atoms with Crippen LogP contribution in [0.15, 0.2) is 53.4 Å². The van der Waals surface area contributed by atoms with Gasteiger partial charge < -0.3 is 19.3 Å². The number of carbonyl (C=O) groups is 1. The fourth-order valence-electron chi connectivity index (χ4n) is 7.05. The van der Waals surface area contributed by atoms with E-state index in [-0.39, 0.29) is 16.4 Å². The largest absolute Gasteiger partial charge is 0.490 e. The smallest absolute Gasteiger partial charge is 0.331 e. The van der Waals surface area contributed by atoms with Gasteiger partial charge in [-0.15, -0.1) is 0 Å². The lowest BCUT2D eigenvalue weighted by Gasteiger charge is -2.46. The molecule has 0 aromatic heterocycles. The van der Waals surface area contributed by atoms with Crippen molar-refractivity contribution in [1.29, 1.82) is 0 Å². The van der Waals surface area contributed by atoms with E-state index in [9.17, 15) is 13.2 Å². The number of hydrogen-bond donors (Lipinski definition) is 1. The van der Waals surface area contributed by atoms with Crippen molar-refractivity contribution in [1.82, 2.24) is 9.62 Å². The number of urea groups is 1. The van der Waals surface area contributed by atoms with Crippen LogP contribution in [0, 0.1) is 11.8 Å². The molecule has 0 saturated heterocycles. The summed E-state index contributed by atoms with van der Waals surface area (Å²) in [7, 11) is -0.737. The number of hydrogen-bond acceptors (Lipinski definition) is 6. The summed E-state index contributed by atoms with van der Waals surface area (Å²) in [6.45, 7) is 2.35. The fraction of sp³-hybridized carbons (Fsp3) is 0.516. The molecule has 220 valence electrons. The molecule has 2 aromatic rings. The minimum absolute atomic E-state index is 0.0123. The van der Waals surface area contributed by atoms with Crippen LogP contribution in [-0.2, 0) is 26.6 Å². The summed E-state index contributed by atoms with van der Waals surface area (Å²) >= 11 is 6.39. The molecule has 1 saturated carbocycles. The molecule has 2 aromatic carbocycles. The molecular formula is C31H38ClN3O5S. The molecule has 10 heteroatoms. The quantitative estimate of drug-likeness (QED) is 0.457. The number of amides is 2. The van der Waals surface area contributed by atoms with Gasteiger partial charge in [0.2, 0.25) is 0 Å². The third kappa shape index (κ3) is 5.44. The molecule has 4 aliphatic rings. The zero-order chi connectivity index (χ0) is 28.8. The van der Waals surface area contributed by atoms with Gasteiger partial charge in [-0.2, -0.15) is 0 Å². The van der Waals surface area contributed by atoms with Gasteiger partial charge in [-0.1, -0.05) is 29.8 Å². The maximum atomic E-state index is 13.4. The topological polar surface area (TPSA) is 88.2 Å². The number of halogens is 1. The average Bonchev–Trinajstić information content (AvgIpc) is 3.08. The summed E-state index contributed by atoms with van der Waals surface area (Å²) in [4.78, 5) is 16.5. The minimum Gasteiger partial charge on any atom is -0.490 e. The molecular weight excluding hydrogens is 562 g/mol. The third-order valence-corrected chi connectivity index (χ3v) is 11.0. The third-order valence-electron chi connectivity index (χ3n) is 9.47. The summed E-state index contributed by atoms with van der Waals surface area (Å²) in [5.41, 5.74) is 3.01. The number of ether oxygens (including phenoxy) is 2. The van der Waals surface area contributed by atoms with E-state index in [1.807, 2.05) is 12.1 Å². The molecule has 8 nitrogen and oxygen atoms in total. The van der Waals surface area contributed by atoms with Crippen LogP contribution in [0.1, 0.15) is 43.2 Å². The van der Waals surface area contributed by atoms with Gasteiger partial charge in [-0.05, 0) is 91.8 Å². The number of nitrogens with one attached hydrogen (secondary N) is 1. The molecule has 0 unspecified atom stereocenters. The van der Waals surface area contributed by atoms with Gasteiger partial charge in [0, 0.05) is 44.2 Å². The number of fused-ring (bicyclic) bond motifs is 4. The highest BCUT2D eigenvalue weighted by Gasteiger charge is 2.44. The predicted octanol–water partition coefficient (Wildman–Crippen LogP) is 5.14. The zero-order valence-corrected chi connectivity index (χ0v) is 25.2. The van der Waals surface area contributed by atoms with Crippen LogP contribution < -0.4 is 14.4 Å². The van der Waals surface area contributed by atoms with E-state index in [1.165, 1.54) is 22.1 Å². The first kappa shape index (κ1) is 28.4. The molecule has 6 rings (SSSR count). The molecule has 0 radical (unpaired) electrons. The number of carbonyl (C=O) groups excluding carboxylic acids is 1. The standard InChI is InChI=1S/C31H38ClN3O5S/c1-34-15-4-3-7-28(39-2)25-11-8-22(25)18-35-19-31(14-5-6-21-16-23(32)9-12-26(21)31)20-40-29-13-10-24(17-27(29)35)41(37,38)33-30(34)36/h3,7,9-10,12-13,16-17,22,25,28H,4-6,8,11,14-15,18-20H2,1-2H3,(H,33,36)/b7-3+/t22-,25+,28+,31-/m0/s1. The molecule has 41 heavy (non-hydrogen) atoms. The highest BCUT2D eigenvalue weighted by molar-refractivity contribution is 7.90. The number of anilines is 1. The van der Waals surface area contributed by atoms with E-state index < -0.39 is 16.1 Å². The van der Waals surface area contributed by atoms with E-state index >= 15 is 0 Å². The number of aryl methyl sites for hydroxylation is 1. The number of nitrogens with zero attached hydrogens (tertiary/aromatic N) is 2. The van der Waals surface area contributed by atoms with Gasteiger partial charge in [-0.3, -0.25) is 0 Å². The Bertz CT molecular complexity index is 1460. The van der Waals surface area contributed by atoms with Crippen molar-refractivity contribution < 1.29 is 22.7 Å². The number of sulfonamides is 1. The monoisotopic (exact) mass is 599 g/mol. The first-order valence-corrected chi connectivity index (χ1v) is 16.3. The van der Waals surface area contributed by atoms with Crippen molar-refractivity contribution >= 4 is 33.3 Å². The Morgan fingerprint density at radius 1 is 1.17 bits per heavy atom. The molecule has 2 heterocycles. The summed E-state index contributed by atoms with van der Waals surface area (Å²) in [6, 6.07) is 10.5. The lowest BCUT2D eigenvalue weighted by molar-refractivity contribution is 0.0131. The van der Waals surface area contributed by atoms with Gasteiger partial charge >= 0.3 is 6.03 Å². The Labute approximate surface area is 247 Å². The van der Waals surface area contributed by atoms with Crippen molar-refractivity contribution in [3.63, 3.8) is 0 Å². The van der Waals surface area contributed by atoms with Crippen LogP contribution in [-0.4, -0.2) is 65.9 Å². The fourth-order valence-corrected chi connectivity index (χ4v) is 8.26. The summed E-state index contributed by atoms with van der Waals surface area (Å²) in [6.07, 6.45) is 9.87. The van der Waals surface area contributed by atoms with Crippen molar-refractivity contribution in [3.05, 3.63) is 64.7 Å². The second-order valence-electron chi connectivity index (χ2n) is 12.0. The number of rotatable bonds is 1. The maximum absolute atomic E-state index is 13.4. The van der Waals surface area contributed by atoms with Crippen molar-refractivity contribution in [2.75, 3.05) is 45.3 Å². The molecule has 2 aliphatic heterocycles. The second kappa shape index (κ2) is 11.2. The molecule has 2 amide bonds.